The van der Waals surface area contributed by atoms with Crippen molar-refractivity contribution in [1.29, 1.82) is 0 Å². The number of phenolic OH excluding ortho intramolecular Hbond substituents is 1. The number of oxime groups is 1. The van der Waals surface area contributed by atoms with E-state index >= 15 is 0 Å². The van der Waals surface area contributed by atoms with E-state index in [-0.39, 0.29) is 28.5 Å². The quantitative estimate of drug-likeness (QED) is 0.904. The van der Waals surface area contributed by atoms with E-state index in [0.717, 1.165) is 0 Å². The van der Waals surface area contributed by atoms with Gasteiger partial charge in [0.2, 0.25) is 6.10 Å². The van der Waals surface area contributed by atoms with Crippen molar-refractivity contribution in [3.05, 3.63) is 58.9 Å². The first-order valence-electron chi connectivity index (χ1n) is 6.81. The molecule has 0 radical (unpaired) electrons. The summed E-state index contributed by atoms with van der Waals surface area (Å²) in [6, 6.07) is 10.4. The van der Waals surface area contributed by atoms with Crippen molar-refractivity contribution in [2.75, 3.05) is 5.32 Å². The number of rotatable bonds is 3. The summed E-state index contributed by atoms with van der Waals surface area (Å²) in [6.07, 6.45) is -0.784. The zero-order chi connectivity index (χ0) is 16.4. The van der Waals surface area contributed by atoms with Crippen LogP contribution < -0.4 is 5.32 Å². The summed E-state index contributed by atoms with van der Waals surface area (Å²) in [5.74, 6) is -0.930. The first kappa shape index (κ1) is 15.3. The molecule has 5 nitrogen and oxygen atoms in total. The molecule has 2 aromatic rings. The highest BCUT2D eigenvalue weighted by Gasteiger charge is 2.31. The van der Waals surface area contributed by atoms with E-state index in [9.17, 15) is 14.3 Å². The number of benzene rings is 2. The molecule has 0 aliphatic carbocycles. The molecule has 2 aromatic carbocycles. The van der Waals surface area contributed by atoms with Gasteiger partial charge < -0.3 is 15.3 Å². The second-order valence-electron chi connectivity index (χ2n) is 4.97. The zero-order valence-electron chi connectivity index (χ0n) is 11.8. The topological polar surface area (TPSA) is 70.9 Å². The Morgan fingerprint density at radius 3 is 2.87 bits per heavy atom. The lowest BCUT2D eigenvalue weighted by Gasteiger charge is -2.10. The van der Waals surface area contributed by atoms with Gasteiger partial charge in [-0.1, -0.05) is 28.9 Å². The average molecular weight is 335 g/mol. The van der Waals surface area contributed by atoms with Crippen LogP contribution in [0.3, 0.4) is 0 Å². The monoisotopic (exact) mass is 334 g/mol. The van der Waals surface area contributed by atoms with Crippen LogP contribution in [0.25, 0.3) is 0 Å². The van der Waals surface area contributed by atoms with Crippen LogP contribution in [0, 0.1) is 5.82 Å². The average Bonchev–Trinajstić information content (AvgIpc) is 2.97. The summed E-state index contributed by atoms with van der Waals surface area (Å²) >= 11 is 5.98. The van der Waals surface area contributed by atoms with Gasteiger partial charge in [-0.3, -0.25) is 4.79 Å². The molecule has 1 heterocycles. The fourth-order valence-corrected chi connectivity index (χ4v) is 2.52. The maximum atomic E-state index is 13.9. The highest BCUT2D eigenvalue weighted by molar-refractivity contribution is 6.34. The molecule has 1 atom stereocenters. The smallest absolute Gasteiger partial charge is 0.268 e. The number of halogens is 2. The van der Waals surface area contributed by atoms with Crippen LogP contribution in [0.15, 0.2) is 47.6 Å². The van der Waals surface area contributed by atoms with Gasteiger partial charge in [0, 0.05) is 18.2 Å². The number of nitrogens with zero attached hydrogens (tertiary/aromatic N) is 1. The zero-order valence-corrected chi connectivity index (χ0v) is 12.5. The molecule has 118 valence electrons. The van der Waals surface area contributed by atoms with E-state index in [4.69, 9.17) is 16.4 Å². The summed E-state index contributed by atoms with van der Waals surface area (Å²) in [7, 11) is 0. The Morgan fingerprint density at radius 2 is 2.13 bits per heavy atom. The molecule has 7 heteroatoms. The first-order valence-corrected chi connectivity index (χ1v) is 7.19. The lowest BCUT2D eigenvalue weighted by molar-refractivity contribution is -0.125. The molecule has 1 amide bonds. The van der Waals surface area contributed by atoms with Gasteiger partial charge in [-0.2, -0.15) is 0 Å². The van der Waals surface area contributed by atoms with Gasteiger partial charge in [-0.05, 0) is 24.3 Å². The molecule has 2 N–H and O–H groups in total. The molecule has 0 saturated carbocycles. The third-order valence-corrected chi connectivity index (χ3v) is 3.64. The minimum absolute atomic E-state index is 0.0326. The van der Waals surface area contributed by atoms with Crippen LogP contribution >= 0.6 is 11.6 Å². The molecular formula is C16H12ClFN2O3. The number of phenols is 1. The first-order chi connectivity index (χ1) is 11.0. The summed E-state index contributed by atoms with van der Waals surface area (Å²) in [6.45, 7) is 0. The van der Waals surface area contributed by atoms with Crippen molar-refractivity contribution >= 4 is 28.9 Å². The Hall–Kier alpha value is -2.60. The second kappa shape index (κ2) is 6.26. The maximum absolute atomic E-state index is 13.9. The number of carbonyl (C=O) groups excluding carboxylic acids is 1. The highest BCUT2D eigenvalue weighted by Crippen LogP contribution is 2.26. The van der Waals surface area contributed by atoms with Crippen molar-refractivity contribution < 1.29 is 19.1 Å². The minimum atomic E-state index is -0.886. The van der Waals surface area contributed by atoms with Gasteiger partial charge in [0.05, 0.1) is 16.3 Å². The van der Waals surface area contributed by atoms with Crippen LogP contribution in [0.2, 0.25) is 5.02 Å². The second-order valence-corrected chi connectivity index (χ2v) is 5.38. The van der Waals surface area contributed by atoms with E-state index < -0.39 is 17.8 Å². The minimum Gasteiger partial charge on any atom is -0.508 e. The fraction of sp³-hybridized carbons (Fsp3) is 0.125. The van der Waals surface area contributed by atoms with Crippen LogP contribution in [0.1, 0.15) is 12.0 Å². The summed E-state index contributed by atoms with van der Waals surface area (Å²) in [4.78, 5) is 17.2. The standard InChI is InChI=1S/C16H12ClFN2O3/c17-11-5-2-6-12(18)15(11)13-8-14(23-20-13)16(22)19-9-3-1-4-10(21)7-9/h1-7,14,21H,8H2,(H,19,22)/t14-/m1/s1. The van der Waals surface area contributed by atoms with E-state index in [0.29, 0.717) is 5.69 Å². The third-order valence-electron chi connectivity index (χ3n) is 3.33. The number of anilines is 1. The fourth-order valence-electron chi connectivity index (χ4n) is 2.25. The SMILES string of the molecule is O=C(Nc1cccc(O)c1)[C@H]1CC(c2c(F)cccc2Cl)=NO1. The largest absolute Gasteiger partial charge is 0.508 e. The normalized spacial score (nSPS) is 16.6. The van der Waals surface area contributed by atoms with Gasteiger partial charge in [-0.15, -0.1) is 0 Å². The molecule has 23 heavy (non-hydrogen) atoms. The van der Waals surface area contributed by atoms with E-state index in [1.54, 1.807) is 18.2 Å². The number of aromatic hydroxyl groups is 1. The summed E-state index contributed by atoms with van der Waals surface area (Å²) < 4.78 is 13.9. The Morgan fingerprint density at radius 1 is 1.35 bits per heavy atom. The van der Waals surface area contributed by atoms with Gasteiger partial charge in [0.25, 0.3) is 5.91 Å². The lowest BCUT2D eigenvalue weighted by Crippen LogP contribution is -2.28. The molecule has 1 aliphatic heterocycles. The lowest BCUT2D eigenvalue weighted by atomic mass is 10.0. The highest BCUT2D eigenvalue weighted by atomic mass is 35.5. The molecule has 1 aliphatic rings. The Bertz CT molecular complexity index is 774. The molecule has 0 spiro atoms. The number of carbonyl (C=O) groups is 1. The maximum Gasteiger partial charge on any atom is 0.268 e. The van der Waals surface area contributed by atoms with E-state index in [1.165, 1.54) is 24.3 Å². The van der Waals surface area contributed by atoms with Crippen molar-refractivity contribution in [3.8, 4) is 5.75 Å². The Kier molecular flexibility index (Phi) is 4.16. The summed E-state index contributed by atoms with van der Waals surface area (Å²) in [5.41, 5.74) is 0.849. The molecule has 0 saturated heterocycles. The molecule has 0 bridgehead atoms. The Labute approximate surface area is 136 Å². The number of amides is 1. The van der Waals surface area contributed by atoms with Gasteiger partial charge in [-0.25, -0.2) is 4.39 Å². The molecule has 0 fully saturated rings. The number of hydrogen-bond acceptors (Lipinski definition) is 4. The number of nitrogens with one attached hydrogen (secondary N) is 1. The summed E-state index contributed by atoms with van der Waals surface area (Å²) in [5, 5.41) is 16.0. The molecule has 0 aromatic heterocycles. The van der Waals surface area contributed by atoms with Crippen molar-refractivity contribution in [3.63, 3.8) is 0 Å². The predicted octanol–water partition coefficient (Wildman–Crippen LogP) is 3.32. The van der Waals surface area contributed by atoms with Crippen molar-refractivity contribution in [1.82, 2.24) is 0 Å². The van der Waals surface area contributed by atoms with Crippen LogP contribution in [0.5, 0.6) is 5.75 Å². The van der Waals surface area contributed by atoms with Crippen molar-refractivity contribution in [2.24, 2.45) is 5.16 Å². The van der Waals surface area contributed by atoms with E-state index in [2.05, 4.69) is 10.5 Å². The van der Waals surface area contributed by atoms with Crippen LogP contribution in [-0.4, -0.2) is 22.8 Å². The van der Waals surface area contributed by atoms with Gasteiger partial charge >= 0.3 is 0 Å². The molecular weight excluding hydrogens is 323 g/mol. The van der Waals surface area contributed by atoms with Crippen LogP contribution in [0.4, 0.5) is 10.1 Å². The van der Waals surface area contributed by atoms with Gasteiger partial charge in [0.1, 0.15) is 11.6 Å². The predicted molar refractivity (Wildman–Crippen MR) is 84.2 cm³/mol. The number of hydrogen-bond donors (Lipinski definition) is 2. The van der Waals surface area contributed by atoms with Crippen LogP contribution in [-0.2, 0) is 9.63 Å². The Balaban J connectivity index is 1.70. The van der Waals surface area contributed by atoms with Crippen molar-refractivity contribution in [2.45, 2.75) is 12.5 Å². The molecule has 0 unspecified atom stereocenters. The molecule has 3 rings (SSSR count). The third kappa shape index (κ3) is 3.27. The van der Waals surface area contributed by atoms with E-state index in [1.807, 2.05) is 0 Å². The van der Waals surface area contributed by atoms with Gasteiger partial charge in [0.15, 0.2) is 0 Å².